The number of methoxy groups -OCH3 is 1. The summed E-state index contributed by atoms with van der Waals surface area (Å²) in [6.45, 7) is 2.71. The van der Waals surface area contributed by atoms with E-state index in [0.29, 0.717) is 6.54 Å². The maximum absolute atomic E-state index is 10.1. The number of nitrogens with two attached hydrogens (primary N) is 1. The van der Waals surface area contributed by atoms with Crippen molar-refractivity contribution in [1.82, 2.24) is 0 Å². The van der Waals surface area contributed by atoms with Crippen LogP contribution in [0.15, 0.2) is 0 Å². The third-order valence-electron chi connectivity index (χ3n) is 3.18. The molecule has 0 aromatic heterocycles. The van der Waals surface area contributed by atoms with Crippen LogP contribution in [0.1, 0.15) is 32.6 Å². The van der Waals surface area contributed by atoms with Crippen molar-refractivity contribution in [3.05, 3.63) is 0 Å². The predicted octanol–water partition coefficient (Wildman–Crippen LogP) is 0.901. The summed E-state index contributed by atoms with van der Waals surface area (Å²) in [6.07, 6.45) is 3.86. The Balaban J connectivity index is 2.41. The molecule has 0 radical (unpaired) electrons. The summed E-state index contributed by atoms with van der Waals surface area (Å²) in [7, 11) is 1.70. The van der Waals surface area contributed by atoms with Crippen LogP contribution in [0.4, 0.5) is 0 Å². The van der Waals surface area contributed by atoms with Crippen molar-refractivity contribution >= 4 is 0 Å². The second kappa shape index (κ2) is 4.40. The Hall–Kier alpha value is -0.120. The van der Waals surface area contributed by atoms with Gasteiger partial charge in [-0.2, -0.15) is 0 Å². The summed E-state index contributed by atoms with van der Waals surface area (Å²) in [5.41, 5.74) is 5.10. The lowest BCUT2D eigenvalue weighted by atomic mass is 9.68. The van der Waals surface area contributed by atoms with Crippen molar-refractivity contribution in [2.45, 2.75) is 44.3 Å². The first-order valence-electron chi connectivity index (χ1n) is 5.11. The highest BCUT2D eigenvalue weighted by molar-refractivity contribution is 4.99. The highest BCUT2D eigenvalue weighted by atomic mass is 16.5. The Morgan fingerprint density at radius 1 is 1.62 bits per heavy atom. The van der Waals surface area contributed by atoms with Crippen LogP contribution in [-0.2, 0) is 4.74 Å². The first-order valence-corrected chi connectivity index (χ1v) is 5.11. The summed E-state index contributed by atoms with van der Waals surface area (Å²) in [4.78, 5) is 0. The fourth-order valence-electron chi connectivity index (χ4n) is 2.18. The van der Waals surface area contributed by atoms with Crippen LogP contribution >= 0.6 is 0 Å². The molecular formula is C10H21NO2. The van der Waals surface area contributed by atoms with E-state index in [4.69, 9.17) is 10.5 Å². The molecule has 13 heavy (non-hydrogen) atoms. The predicted molar refractivity (Wildman–Crippen MR) is 52.4 cm³/mol. The summed E-state index contributed by atoms with van der Waals surface area (Å²) in [6, 6.07) is 0. The molecule has 0 bridgehead atoms. The van der Waals surface area contributed by atoms with Crippen LogP contribution in [0.2, 0.25) is 0 Å². The molecule has 0 saturated heterocycles. The quantitative estimate of drug-likeness (QED) is 0.672. The van der Waals surface area contributed by atoms with Crippen molar-refractivity contribution in [1.29, 1.82) is 0 Å². The average molecular weight is 187 g/mol. The Kier molecular flexibility index (Phi) is 3.71. The topological polar surface area (TPSA) is 55.5 Å². The van der Waals surface area contributed by atoms with Gasteiger partial charge >= 0.3 is 0 Å². The van der Waals surface area contributed by atoms with Crippen molar-refractivity contribution in [2.24, 2.45) is 11.7 Å². The zero-order valence-corrected chi connectivity index (χ0v) is 8.62. The van der Waals surface area contributed by atoms with E-state index >= 15 is 0 Å². The van der Waals surface area contributed by atoms with Gasteiger partial charge in [-0.15, -0.1) is 0 Å². The second-order valence-corrected chi connectivity index (χ2v) is 4.09. The minimum atomic E-state index is -0.536. The lowest BCUT2D eigenvalue weighted by Gasteiger charge is -2.47. The van der Waals surface area contributed by atoms with Gasteiger partial charge in [-0.1, -0.05) is 13.3 Å². The molecule has 1 fully saturated rings. The fourth-order valence-corrected chi connectivity index (χ4v) is 2.18. The molecule has 0 heterocycles. The number of aliphatic hydroxyl groups is 1. The van der Waals surface area contributed by atoms with E-state index in [1.165, 1.54) is 0 Å². The van der Waals surface area contributed by atoms with Crippen LogP contribution in [0.3, 0.4) is 0 Å². The fraction of sp³-hybridized carbons (Fsp3) is 1.00. The summed E-state index contributed by atoms with van der Waals surface area (Å²) < 4.78 is 5.15. The minimum Gasteiger partial charge on any atom is -0.389 e. The van der Waals surface area contributed by atoms with Crippen molar-refractivity contribution in [3.63, 3.8) is 0 Å². The summed E-state index contributed by atoms with van der Waals surface area (Å²) in [5, 5.41) is 10.1. The van der Waals surface area contributed by atoms with Crippen LogP contribution in [-0.4, -0.2) is 30.5 Å². The third-order valence-corrected chi connectivity index (χ3v) is 3.18. The van der Waals surface area contributed by atoms with E-state index in [0.717, 1.165) is 25.7 Å². The largest absolute Gasteiger partial charge is 0.389 e. The highest BCUT2D eigenvalue weighted by Gasteiger charge is 2.47. The molecule has 3 nitrogen and oxygen atoms in total. The molecule has 3 N–H and O–H groups in total. The van der Waals surface area contributed by atoms with Crippen molar-refractivity contribution < 1.29 is 9.84 Å². The lowest BCUT2D eigenvalue weighted by Crippen LogP contribution is -2.55. The van der Waals surface area contributed by atoms with Crippen LogP contribution in [0.5, 0.6) is 0 Å². The SMILES string of the molecule is CCCC(CN)C1(O)CC(OC)C1. The zero-order valence-electron chi connectivity index (χ0n) is 8.62. The summed E-state index contributed by atoms with van der Waals surface area (Å²) >= 11 is 0. The number of ether oxygens (including phenoxy) is 1. The van der Waals surface area contributed by atoms with Gasteiger partial charge in [0.2, 0.25) is 0 Å². The molecule has 1 unspecified atom stereocenters. The molecule has 1 aliphatic carbocycles. The molecule has 0 aromatic rings. The molecule has 1 rings (SSSR count). The van der Waals surface area contributed by atoms with Gasteiger partial charge in [0.25, 0.3) is 0 Å². The third kappa shape index (κ3) is 2.22. The molecule has 3 heteroatoms. The Morgan fingerprint density at radius 2 is 2.23 bits per heavy atom. The van der Waals surface area contributed by atoms with Crippen LogP contribution in [0.25, 0.3) is 0 Å². The average Bonchev–Trinajstić information content (AvgIpc) is 2.08. The van der Waals surface area contributed by atoms with Crippen molar-refractivity contribution in [3.8, 4) is 0 Å². The highest BCUT2D eigenvalue weighted by Crippen LogP contribution is 2.41. The molecule has 1 saturated carbocycles. The van der Waals surface area contributed by atoms with Gasteiger partial charge in [-0.3, -0.25) is 0 Å². The minimum absolute atomic E-state index is 0.246. The Labute approximate surface area is 80.3 Å². The lowest BCUT2D eigenvalue weighted by molar-refractivity contribution is -0.158. The van der Waals surface area contributed by atoms with Gasteiger partial charge in [0.05, 0.1) is 11.7 Å². The smallest absolute Gasteiger partial charge is 0.0737 e. The molecule has 78 valence electrons. The van der Waals surface area contributed by atoms with Gasteiger partial charge in [-0.05, 0) is 13.0 Å². The first-order chi connectivity index (χ1) is 6.16. The van der Waals surface area contributed by atoms with E-state index < -0.39 is 5.60 Å². The molecule has 0 aromatic carbocycles. The van der Waals surface area contributed by atoms with Gasteiger partial charge in [0.15, 0.2) is 0 Å². The standard InChI is InChI=1S/C10H21NO2/c1-3-4-8(7-11)10(12)5-9(6-10)13-2/h8-9,12H,3-7,11H2,1-2H3. The maximum Gasteiger partial charge on any atom is 0.0737 e. The van der Waals surface area contributed by atoms with E-state index in [1.54, 1.807) is 7.11 Å². The molecule has 0 aliphatic heterocycles. The molecular weight excluding hydrogens is 166 g/mol. The van der Waals surface area contributed by atoms with Gasteiger partial charge in [-0.25, -0.2) is 0 Å². The molecule has 1 aliphatic rings. The normalized spacial score (nSPS) is 35.5. The van der Waals surface area contributed by atoms with Gasteiger partial charge in [0.1, 0.15) is 0 Å². The molecule has 0 amide bonds. The molecule has 1 atom stereocenters. The van der Waals surface area contributed by atoms with Gasteiger partial charge in [0, 0.05) is 25.9 Å². The maximum atomic E-state index is 10.1. The number of hydrogen-bond donors (Lipinski definition) is 2. The first kappa shape index (κ1) is 11.0. The number of hydrogen-bond acceptors (Lipinski definition) is 3. The van der Waals surface area contributed by atoms with Crippen LogP contribution < -0.4 is 5.73 Å². The second-order valence-electron chi connectivity index (χ2n) is 4.09. The molecule has 0 spiro atoms. The van der Waals surface area contributed by atoms with E-state index in [1.807, 2.05) is 0 Å². The van der Waals surface area contributed by atoms with Crippen LogP contribution in [0, 0.1) is 5.92 Å². The Bertz CT molecular complexity index is 155. The monoisotopic (exact) mass is 187 g/mol. The van der Waals surface area contributed by atoms with Gasteiger partial charge < -0.3 is 15.6 Å². The summed E-state index contributed by atoms with van der Waals surface area (Å²) in [5.74, 6) is 0.254. The van der Waals surface area contributed by atoms with E-state index in [9.17, 15) is 5.11 Å². The van der Waals surface area contributed by atoms with E-state index in [-0.39, 0.29) is 12.0 Å². The Morgan fingerprint density at radius 3 is 2.62 bits per heavy atom. The number of rotatable bonds is 5. The van der Waals surface area contributed by atoms with E-state index in [2.05, 4.69) is 6.92 Å². The zero-order chi connectivity index (χ0) is 9.90. The van der Waals surface area contributed by atoms with Crippen molar-refractivity contribution in [2.75, 3.05) is 13.7 Å².